The van der Waals surface area contributed by atoms with Crippen LogP contribution in [0.4, 0.5) is 0 Å². The van der Waals surface area contributed by atoms with Gasteiger partial charge in [-0.05, 0) is 6.08 Å². The fourth-order valence-corrected chi connectivity index (χ4v) is 0.314. The molecule has 3 nitrogen and oxygen atoms in total. The highest BCUT2D eigenvalue weighted by atomic mass is 79.9. The quantitative estimate of drug-likeness (QED) is 0.477. The van der Waals surface area contributed by atoms with Crippen LogP contribution in [0.15, 0.2) is 12.2 Å². The van der Waals surface area contributed by atoms with Gasteiger partial charge in [-0.25, -0.2) is 4.79 Å². The summed E-state index contributed by atoms with van der Waals surface area (Å²) in [6.45, 7) is 0. The second kappa shape index (κ2) is 3.63. The second-order valence-corrected chi connectivity index (χ2v) is 2.01. The van der Waals surface area contributed by atoms with Crippen molar-refractivity contribution in [2.75, 3.05) is 0 Å². The minimum absolute atomic E-state index is 0.861. The molecule has 4 heteroatoms. The summed E-state index contributed by atoms with van der Waals surface area (Å²) in [6, 6.07) is 0. The average Bonchev–Trinajstić information content (AvgIpc) is 1.61. The smallest absolute Gasteiger partial charge is 0.328 e. The van der Waals surface area contributed by atoms with Crippen molar-refractivity contribution in [3.05, 3.63) is 12.2 Å². The maximum absolute atomic E-state index is 9.68. The van der Waals surface area contributed by atoms with E-state index in [1.54, 1.807) is 0 Å². The Hall–Kier alpha value is -0.350. The van der Waals surface area contributed by atoms with Crippen molar-refractivity contribution in [1.29, 1.82) is 0 Å². The number of hydrogen-bond acceptors (Lipinski definition) is 2. The van der Waals surface area contributed by atoms with E-state index in [2.05, 4.69) is 15.9 Å². The lowest BCUT2D eigenvalue weighted by atomic mass is 10.5. The van der Waals surface area contributed by atoms with Crippen LogP contribution < -0.4 is 0 Å². The van der Waals surface area contributed by atoms with Crippen LogP contribution in [0.1, 0.15) is 0 Å². The molecule has 0 heterocycles. The molecule has 8 heavy (non-hydrogen) atoms. The van der Waals surface area contributed by atoms with Gasteiger partial charge in [0.15, 0.2) is 0 Å². The molecule has 0 bridgehead atoms. The fraction of sp³-hybridized carbons (Fsp3) is 0.250. The van der Waals surface area contributed by atoms with Crippen LogP contribution in [0.3, 0.4) is 0 Å². The topological polar surface area (TPSA) is 57.5 Å². The molecular weight excluding hydrogens is 176 g/mol. The van der Waals surface area contributed by atoms with Crippen LogP contribution in [0.25, 0.3) is 0 Å². The Labute approximate surface area is 54.8 Å². The molecule has 0 spiro atoms. The van der Waals surface area contributed by atoms with Crippen LogP contribution in [-0.2, 0) is 4.79 Å². The SMILES string of the molecule is O=C(O)/C=C/C(O)Br. The van der Waals surface area contributed by atoms with Crippen molar-refractivity contribution >= 4 is 21.9 Å². The van der Waals surface area contributed by atoms with Gasteiger partial charge in [0, 0.05) is 6.08 Å². The molecule has 2 N–H and O–H groups in total. The summed E-state index contributed by atoms with van der Waals surface area (Å²) in [5, 5.41) is 15.4. The third-order valence-electron chi connectivity index (χ3n) is 0.398. The molecule has 0 aliphatic carbocycles. The summed E-state index contributed by atoms with van der Waals surface area (Å²) in [5.41, 5.74) is 0. The average molecular weight is 181 g/mol. The molecule has 0 aliphatic rings. The zero-order valence-electron chi connectivity index (χ0n) is 3.91. The molecule has 0 amide bonds. The maximum Gasteiger partial charge on any atom is 0.328 e. The largest absolute Gasteiger partial charge is 0.478 e. The Morgan fingerprint density at radius 1 is 1.75 bits per heavy atom. The van der Waals surface area contributed by atoms with E-state index in [0.717, 1.165) is 12.2 Å². The zero-order valence-corrected chi connectivity index (χ0v) is 5.50. The third-order valence-corrected chi connectivity index (χ3v) is 0.703. The molecule has 0 saturated heterocycles. The summed E-state index contributed by atoms with van der Waals surface area (Å²) in [4.78, 5) is 9.68. The molecule has 0 fully saturated rings. The molecule has 0 aromatic carbocycles. The molecule has 0 radical (unpaired) electrons. The Bertz CT molecular complexity index is 108. The summed E-state index contributed by atoms with van der Waals surface area (Å²) >= 11 is 2.71. The monoisotopic (exact) mass is 180 g/mol. The van der Waals surface area contributed by atoms with Gasteiger partial charge < -0.3 is 10.2 Å². The van der Waals surface area contributed by atoms with Gasteiger partial charge in [0.2, 0.25) is 0 Å². The van der Waals surface area contributed by atoms with Crippen molar-refractivity contribution in [3.8, 4) is 0 Å². The summed E-state index contributed by atoms with van der Waals surface area (Å²) in [5.74, 6) is -1.07. The fourth-order valence-electron chi connectivity index (χ4n) is 0.162. The van der Waals surface area contributed by atoms with E-state index in [0.29, 0.717) is 0 Å². The molecule has 0 saturated carbocycles. The number of aliphatic carboxylic acids is 1. The van der Waals surface area contributed by atoms with Gasteiger partial charge in [0.05, 0.1) is 0 Å². The lowest BCUT2D eigenvalue weighted by Gasteiger charge is -1.86. The van der Waals surface area contributed by atoms with Crippen molar-refractivity contribution in [2.24, 2.45) is 0 Å². The normalized spacial score (nSPS) is 14.2. The van der Waals surface area contributed by atoms with Gasteiger partial charge in [-0.1, -0.05) is 15.9 Å². The first kappa shape index (κ1) is 7.65. The van der Waals surface area contributed by atoms with Crippen LogP contribution in [0.5, 0.6) is 0 Å². The second-order valence-electron chi connectivity index (χ2n) is 1.07. The summed E-state index contributed by atoms with van der Waals surface area (Å²) in [6.07, 6.45) is 1.97. The number of hydrogen-bond donors (Lipinski definition) is 2. The van der Waals surface area contributed by atoms with Gasteiger partial charge in [-0.2, -0.15) is 0 Å². The van der Waals surface area contributed by atoms with E-state index in [9.17, 15) is 4.79 Å². The Kier molecular flexibility index (Phi) is 3.47. The van der Waals surface area contributed by atoms with E-state index in [1.165, 1.54) is 0 Å². The van der Waals surface area contributed by atoms with E-state index in [4.69, 9.17) is 10.2 Å². The molecule has 0 aromatic rings. The summed E-state index contributed by atoms with van der Waals surface area (Å²) in [7, 11) is 0. The van der Waals surface area contributed by atoms with Gasteiger partial charge in [0.25, 0.3) is 0 Å². The molecule has 1 atom stereocenters. The van der Waals surface area contributed by atoms with Gasteiger partial charge >= 0.3 is 5.97 Å². The van der Waals surface area contributed by atoms with Crippen LogP contribution >= 0.6 is 15.9 Å². The number of aliphatic hydroxyl groups excluding tert-OH is 1. The number of halogens is 1. The molecule has 46 valence electrons. The number of carboxylic acids is 1. The number of aliphatic hydroxyl groups is 1. The first-order valence-electron chi connectivity index (χ1n) is 1.86. The van der Waals surface area contributed by atoms with E-state index >= 15 is 0 Å². The predicted molar refractivity (Wildman–Crippen MR) is 31.7 cm³/mol. The highest BCUT2D eigenvalue weighted by Crippen LogP contribution is 1.93. The van der Waals surface area contributed by atoms with Crippen molar-refractivity contribution in [2.45, 2.75) is 5.01 Å². The van der Waals surface area contributed by atoms with E-state index < -0.39 is 11.0 Å². The van der Waals surface area contributed by atoms with Crippen molar-refractivity contribution < 1.29 is 15.0 Å². The Morgan fingerprint density at radius 2 is 2.25 bits per heavy atom. The minimum atomic E-state index is -1.07. The molecule has 0 aliphatic heterocycles. The lowest BCUT2D eigenvalue weighted by molar-refractivity contribution is -0.131. The number of carboxylic acid groups (broad SMARTS) is 1. The first-order chi connectivity index (χ1) is 3.63. The first-order valence-corrected chi connectivity index (χ1v) is 2.78. The highest BCUT2D eigenvalue weighted by Gasteiger charge is 1.89. The maximum atomic E-state index is 9.68. The highest BCUT2D eigenvalue weighted by molar-refractivity contribution is 9.09. The van der Waals surface area contributed by atoms with Crippen LogP contribution in [0.2, 0.25) is 0 Å². The van der Waals surface area contributed by atoms with Crippen LogP contribution in [0, 0.1) is 0 Å². The van der Waals surface area contributed by atoms with Gasteiger partial charge in [-0.3, -0.25) is 0 Å². The molecule has 0 rings (SSSR count). The Balaban J connectivity index is 3.50. The molecule has 1 unspecified atom stereocenters. The standard InChI is InChI=1S/C4H5BrO3/c5-3(6)1-2-4(7)8/h1-3,6H,(H,7,8)/b2-1+. The van der Waals surface area contributed by atoms with Crippen molar-refractivity contribution in [3.63, 3.8) is 0 Å². The Morgan fingerprint density at radius 3 is 2.38 bits per heavy atom. The predicted octanol–water partition coefficient (Wildman–Crippen LogP) is 0.341. The molecule has 0 aromatic heterocycles. The van der Waals surface area contributed by atoms with E-state index in [1.807, 2.05) is 0 Å². The van der Waals surface area contributed by atoms with E-state index in [-0.39, 0.29) is 0 Å². The third kappa shape index (κ3) is 5.65. The zero-order chi connectivity index (χ0) is 6.57. The number of alkyl halides is 1. The number of carbonyl (C=O) groups is 1. The minimum Gasteiger partial charge on any atom is -0.478 e. The number of rotatable bonds is 2. The molecular formula is C4H5BrO3. The lowest BCUT2D eigenvalue weighted by Crippen LogP contribution is -1.91. The summed E-state index contributed by atoms with van der Waals surface area (Å²) < 4.78 is 0. The van der Waals surface area contributed by atoms with Crippen molar-refractivity contribution in [1.82, 2.24) is 0 Å². The van der Waals surface area contributed by atoms with Gasteiger partial charge in [0.1, 0.15) is 5.01 Å². The van der Waals surface area contributed by atoms with Crippen LogP contribution in [-0.4, -0.2) is 21.2 Å². The van der Waals surface area contributed by atoms with Gasteiger partial charge in [-0.15, -0.1) is 0 Å².